The maximum Gasteiger partial charge on any atom is 0.341 e. The lowest BCUT2D eigenvalue weighted by atomic mass is 10.3. The molecule has 4 heteroatoms. The summed E-state index contributed by atoms with van der Waals surface area (Å²) in [4.78, 5) is 14.1. The molecule has 0 atom stereocenters. The average molecular weight is 167 g/mol. The first-order valence-corrected chi connectivity index (χ1v) is 3.46. The Bertz CT molecular complexity index is 285. The van der Waals surface area contributed by atoms with E-state index in [0.717, 1.165) is 0 Å². The molecule has 12 heavy (non-hydrogen) atoms. The molecule has 0 aliphatic carbocycles. The van der Waals surface area contributed by atoms with Gasteiger partial charge in [-0.1, -0.05) is 0 Å². The summed E-state index contributed by atoms with van der Waals surface area (Å²) in [7, 11) is 0. The minimum Gasteiger partial charge on any atom is -0.480 e. The number of aryl methyl sites for hydroxylation is 1. The molecule has 4 nitrogen and oxygen atoms in total. The monoisotopic (exact) mass is 167 g/mol. The van der Waals surface area contributed by atoms with Crippen LogP contribution in [0.25, 0.3) is 0 Å². The Morgan fingerprint density at radius 1 is 1.75 bits per heavy atom. The number of pyridine rings is 1. The first-order valence-electron chi connectivity index (χ1n) is 3.46. The van der Waals surface area contributed by atoms with E-state index in [2.05, 4.69) is 4.98 Å². The van der Waals surface area contributed by atoms with Crippen LogP contribution in [0.3, 0.4) is 0 Å². The molecule has 64 valence electrons. The van der Waals surface area contributed by atoms with Crippen molar-refractivity contribution in [1.29, 1.82) is 0 Å². The van der Waals surface area contributed by atoms with E-state index >= 15 is 0 Å². The summed E-state index contributed by atoms with van der Waals surface area (Å²) in [5, 5.41) is 8.32. The number of aromatic nitrogens is 1. The second kappa shape index (κ2) is 3.71. The van der Waals surface area contributed by atoms with Crippen LogP contribution in [-0.2, 0) is 4.79 Å². The maximum atomic E-state index is 10.1. The highest BCUT2D eigenvalue weighted by molar-refractivity contribution is 5.68. The van der Waals surface area contributed by atoms with Gasteiger partial charge in [-0.05, 0) is 19.1 Å². The van der Waals surface area contributed by atoms with E-state index in [9.17, 15) is 4.79 Å². The smallest absolute Gasteiger partial charge is 0.341 e. The van der Waals surface area contributed by atoms with E-state index < -0.39 is 5.97 Å². The summed E-state index contributed by atoms with van der Waals surface area (Å²) in [6.07, 6.45) is 1.63. The summed E-state index contributed by atoms with van der Waals surface area (Å²) in [5.74, 6) is -0.474. The van der Waals surface area contributed by atoms with Gasteiger partial charge in [-0.3, -0.25) is 4.98 Å². The SMILES string of the molecule is Cc1ncccc1OCC(=O)O. The molecule has 0 amide bonds. The zero-order valence-corrected chi connectivity index (χ0v) is 6.65. The van der Waals surface area contributed by atoms with E-state index in [4.69, 9.17) is 9.84 Å². The lowest BCUT2D eigenvalue weighted by molar-refractivity contribution is -0.139. The molecule has 0 bridgehead atoms. The highest BCUT2D eigenvalue weighted by Crippen LogP contribution is 2.12. The number of nitrogens with zero attached hydrogens (tertiary/aromatic N) is 1. The number of rotatable bonds is 3. The van der Waals surface area contributed by atoms with Crippen molar-refractivity contribution in [3.63, 3.8) is 0 Å². The standard InChI is InChI=1S/C8H9NO3/c1-6-7(3-2-4-9-6)12-5-8(10)11/h2-4H,5H2,1H3,(H,10,11). The molecule has 0 aliphatic heterocycles. The molecule has 1 N–H and O–H groups in total. The van der Waals surface area contributed by atoms with Crippen molar-refractivity contribution in [1.82, 2.24) is 4.98 Å². The Morgan fingerprint density at radius 3 is 3.08 bits per heavy atom. The predicted molar refractivity (Wildman–Crippen MR) is 42.1 cm³/mol. The van der Waals surface area contributed by atoms with Crippen molar-refractivity contribution in [2.75, 3.05) is 6.61 Å². The minimum atomic E-state index is -0.988. The van der Waals surface area contributed by atoms with Gasteiger partial charge in [0.25, 0.3) is 0 Å². The summed E-state index contributed by atoms with van der Waals surface area (Å²) >= 11 is 0. The van der Waals surface area contributed by atoms with Gasteiger partial charge in [0, 0.05) is 6.20 Å². The van der Waals surface area contributed by atoms with Gasteiger partial charge in [0.1, 0.15) is 5.75 Å². The number of carbonyl (C=O) groups is 1. The quantitative estimate of drug-likeness (QED) is 0.725. The first kappa shape index (κ1) is 8.52. The van der Waals surface area contributed by atoms with Crippen molar-refractivity contribution in [2.24, 2.45) is 0 Å². The zero-order valence-electron chi connectivity index (χ0n) is 6.65. The van der Waals surface area contributed by atoms with E-state index in [1.165, 1.54) is 0 Å². The van der Waals surface area contributed by atoms with Crippen LogP contribution in [0, 0.1) is 6.92 Å². The highest BCUT2D eigenvalue weighted by Gasteiger charge is 2.01. The van der Waals surface area contributed by atoms with Crippen molar-refractivity contribution >= 4 is 5.97 Å². The van der Waals surface area contributed by atoms with E-state index in [-0.39, 0.29) is 6.61 Å². The van der Waals surface area contributed by atoms with Crippen LogP contribution in [0.2, 0.25) is 0 Å². The third-order valence-electron chi connectivity index (χ3n) is 1.31. The Hall–Kier alpha value is -1.58. The number of aliphatic carboxylic acids is 1. The first-order chi connectivity index (χ1) is 5.70. The lowest BCUT2D eigenvalue weighted by Crippen LogP contribution is -2.10. The van der Waals surface area contributed by atoms with Gasteiger partial charge < -0.3 is 9.84 Å². The van der Waals surface area contributed by atoms with E-state index in [1.807, 2.05) is 0 Å². The van der Waals surface area contributed by atoms with Crippen LogP contribution in [0.15, 0.2) is 18.3 Å². The molecule has 0 aromatic carbocycles. The Kier molecular flexibility index (Phi) is 2.63. The predicted octanol–water partition coefficient (Wildman–Crippen LogP) is 0.853. The summed E-state index contributed by atoms with van der Waals surface area (Å²) in [6.45, 7) is 1.43. The van der Waals surface area contributed by atoms with Crippen molar-refractivity contribution in [3.05, 3.63) is 24.0 Å². The molecule has 1 aromatic heterocycles. The number of hydrogen-bond acceptors (Lipinski definition) is 3. The fourth-order valence-corrected chi connectivity index (χ4v) is 0.762. The zero-order chi connectivity index (χ0) is 8.97. The van der Waals surface area contributed by atoms with Crippen LogP contribution >= 0.6 is 0 Å². The molecule has 0 fully saturated rings. The molecule has 1 heterocycles. The Labute approximate surface area is 69.8 Å². The van der Waals surface area contributed by atoms with Crippen LogP contribution in [0.1, 0.15) is 5.69 Å². The Balaban J connectivity index is 2.63. The fraction of sp³-hybridized carbons (Fsp3) is 0.250. The molecule has 0 radical (unpaired) electrons. The van der Waals surface area contributed by atoms with Gasteiger partial charge in [-0.2, -0.15) is 0 Å². The largest absolute Gasteiger partial charge is 0.480 e. The number of hydrogen-bond donors (Lipinski definition) is 1. The van der Waals surface area contributed by atoms with Crippen LogP contribution in [-0.4, -0.2) is 22.7 Å². The normalized spacial score (nSPS) is 9.42. The average Bonchev–Trinajstić information content (AvgIpc) is 2.03. The van der Waals surface area contributed by atoms with Gasteiger partial charge >= 0.3 is 5.97 Å². The van der Waals surface area contributed by atoms with Crippen molar-refractivity contribution < 1.29 is 14.6 Å². The molecular formula is C8H9NO3. The van der Waals surface area contributed by atoms with Crippen molar-refractivity contribution in [2.45, 2.75) is 6.92 Å². The third-order valence-corrected chi connectivity index (χ3v) is 1.31. The summed E-state index contributed by atoms with van der Waals surface area (Å²) in [6, 6.07) is 3.38. The molecule has 0 saturated carbocycles. The minimum absolute atomic E-state index is 0.327. The second-order valence-corrected chi connectivity index (χ2v) is 2.27. The Morgan fingerprint density at radius 2 is 2.50 bits per heavy atom. The highest BCUT2D eigenvalue weighted by atomic mass is 16.5. The number of carboxylic acid groups (broad SMARTS) is 1. The van der Waals surface area contributed by atoms with Gasteiger partial charge in [0.15, 0.2) is 6.61 Å². The molecular weight excluding hydrogens is 158 g/mol. The lowest BCUT2D eigenvalue weighted by Gasteiger charge is -2.04. The van der Waals surface area contributed by atoms with Crippen LogP contribution < -0.4 is 4.74 Å². The topological polar surface area (TPSA) is 59.4 Å². The molecule has 0 saturated heterocycles. The van der Waals surface area contributed by atoms with Gasteiger partial charge in [-0.15, -0.1) is 0 Å². The molecule has 1 rings (SSSR count). The molecule has 0 spiro atoms. The van der Waals surface area contributed by atoms with Gasteiger partial charge in [0.05, 0.1) is 5.69 Å². The van der Waals surface area contributed by atoms with Crippen LogP contribution in [0.5, 0.6) is 5.75 Å². The van der Waals surface area contributed by atoms with E-state index in [1.54, 1.807) is 25.3 Å². The molecule has 1 aromatic rings. The number of carboxylic acids is 1. The van der Waals surface area contributed by atoms with Gasteiger partial charge in [-0.25, -0.2) is 4.79 Å². The summed E-state index contributed by atoms with van der Waals surface area (Å²) < 4.78 is 4.94. The number of ether oxygens (including phenoxy) is 1. The van der Waals surface area contributed by atoms with Gasteiger partial charge in [0.2, 0.25) is 0 Å². The van der Waals surface area contributed by atoms with Crippen molar-refractivity contribution in [3.8, 4) is 5.75 Å². The molecule has 0 aliphatic rings. The third kappa shape index (κ3) is 2.23. The maximum absolute atomic E-state index is 10.1. The molecule has 0 unspecified atom stereocenters. The van der Waals surface area contributed by atoms with E-state index in [0.29, 0.717) is 11.4 Å². The summed E-state index contributed by atoms with van der Waals surface area (Å²) in [5.41, 5.74) is 0.693. The second-order valence-electron chi connectivity index (χ2n) is 2.27. The van der Waals surface area contributed by atoms with Crippen LogP contribution in [0.4, 0.5) is 0 Å². The fourth-order valence-electron chi connectivity index (χ4n) is 0.762.